The van der Waals surface area contributed by atoms with Crippen LogP contribution in [0.25, 0.3) is 10.6 Å². The van der Waals surface area contributed by atoms with Gasteiger partial charge in [-0.05, 0) is 43.2 Å². The third-order valence-electron chi connectivity index (χ3n) is 3.77. The number of carbonyl (C=O) groups excluding carboxylic acids is 1. The van der Waals surface area contributed by atoms with E-state index in [2.05, 4.69) is 33.3 Å². The standard InChI is InChI=1S/C19H20N4OS/c1-3-4-16-11-15(7-10-21-16)19-23-13(2)17(25-19)18(24)22-12-14-5-8-20-9-6-14/h5-11H,3-4,12H2,1-2H3,(H,22,24). The number of nitrogens with one attached hydrogen (secondary N) is 1. The number of thiazole rings is 1. The fourth-order valence-electron chi connectivity index (χ4n) is 2.50. The Labute approximate surface area is 151 Å². The predicted molar refractivity (Wildman–Crippen MR) is 99.5 cm³/mol. The monoisotopic (exact) mass is 352 g/mol. The van der Waals surface area contributed by atoms with Gasteiger partial charge in [-0.3, -0.25) is 14.8 Å². The van der Waals surface area contributed by atoms with Crippen molar-refractivity contribution in [3.63, 3.8) is 0 Å². The molecular formula is C19H20N4OS. The van der Waals surface area contributed by atoms with Gasteiger partial charge in [-0.2, -0.15) is 0 Å². The molecule has 0 radical (unpaired) electrons. The molecule has 0 atom stereocenters. The number of pyridine rings is 2. The van der Waals surface area contributed by atoms with Gasteiger partial charge in [0.25, 0.3) is 5.91 Å². The van der Waals surface area contributed by atoms with Crippen molar-refractivity contribution in [3.05, 3.63) is 64.7 Å². The second-order valence-corrected chi connectivity index (χ2v) is 6.76. The van der Waals surface area contributed by atoms with Crippen LogP contribution in [0.15, 0.2) is 42.9 Å². The number of hydrogen-bond acceptors (Lipinski definition) is 5. The summed E-state index contributed by atoms with van der Waals surface area (Å²) < 4.78 is 0. The number of hydrogen-bond donors (Lipinski definition) is 1. The van der Waals surface area contributed by atoms with Gasteiger partial charge < -0.3 is 5.32 Å². The molecule has 3 rings (SSSR count). The summed E-state index contributed by atoms with van der Waals surface area (Å²) in [5, 5.41) is 3.80. The van der Waals surface area contributed by atoms with Crippen LogP contribution in [0.2, 0.25) is 0 Å². The largest absolute Gasteiger partial charge is 0.347 e. The zero-order chi connectivity index (χ0) is 17.6. The van der Waals surface area contributed by atoms with Crippen molar-refractivity contribution in [1.29, 1.82) is 0 Å². The van der Waals surface area contributed by atoms with Gasteiger partial charge in [0, 0.05) is 36.4 Å². The second kappa shape index (κ2) is 7.98. The van der Waals surface area contributed by atoms with Gasteiger partial charge in [0.2, 0.25) is 0 Å². The highest BCUT2D eigenvalue weighted by Crippen LogP contribution is 2.28. The van der Waals surface area contributed by atoms with Crippen molar-refractivity contribution in [2.24, 2.45) is 0 Å². The smallest absolute Gasteiger partial charge is 0.263 e. The molecular weight excluding hydrogens is 332 g/mol. The first-order chi connectivity index (χ1) is 12.2. The molecule has 3 aromatic rings. The third kappa shape index (κ3) is 4.28. The molecule has 0 spiro atoms. The van der Waals surface area contributed by atoms with Crippen LogP contribution in [0.5, 0.6) is 0 Å². The molecule has 3 aromatic heterocycles. The van der Waals surface area contributed by atoms with E-state index in [1.54, 1.807) is 18.6 Å². The summed E-state index contributed by atoms with van der Waals surface area (Å²) in [6.07, 6.45) is 7.23. The number of rotatable bonds is 6. The van der Waals surface area contributed by atoms with E-state index in [9.17, 15) is 4.79 Å². The van der Waals surface area contributed by atoms with Crippen molar-refractivity contribution in [3.8, 4) is 10.6 Å². The first-order valence-electron chi connectivity index (χ1n) is 8.27. The summed E-state index contributed by atoms with van der Waals surface area (Å²) in [4.78, 5) is 26.1. The number of aryl methyl sites for hydroxylation is 2. The Morgan fingerprint density at radius 3 is 2.76 bits per heavy atom. The predicted octanol–water partition coefficient (Wildman–Crippen LogP) is 3.79. The molecule has 0 saturated carbocycles. The van der Waals surface area contributed by atoms with Gasteiger partial charge in [0.05, 0.1) is 5.69 Å². The van der Waals surface area contributed by atoms with Crippen LogP contribution in [-0.2, 0) is 13.0 Å². The zero-order valence-corrected chi connectivity index (χ0v) is 15.1. The van der Waals surface area contributed by atoms with Gasteiger partial charge in [0.1, 0.15) is 9.88 Å². The first-order valence-corrected chi connectivity index (χ1v) is 9.09. The number of nitrogens with zero attached hydrogens (tertiary/aromatic N) is 3. The van der Waals surface area contributed by atoms with E-state index >= 15 is 0 Å². The average Bonchev–Trinajstić information content (AvgIpc) is 3.03. The minimum atomic E-state index is -0.0964. The van der Waals surface area contributed by atoms with Crippen molar-refractivity contribution in [2.75, 3.05) is 0 Å². The Morgan fingerprint density at radius 1 is 1.20 bits per heavy atom. The van der Waals surface area contributed by atoms with Crippen LogP contribution < -0.4 is 5.32 Å². The van der Waals surface area contributed by atoms with E-state index in [1.165, 1.54) is 11.3 Å². The van der Waals surface area contributed by atoms with E-state index in [0.717, 1.165) is 40.4 Å². The summed E-state index contributed by atoms with van der Waals surface area (Å²) in [5.74, 6) is -0.0964. The molecule has 3 heterocycles. The van der Waals surface area contributed by atoms with Crippen LogP contribution in [0.1, 0.15) is 40.0 Å². The lowest BCUT2D eigenvalue weighted by Gasteiger charge is -2.03. The quantitative estimate of drug-likeness (QED) is 0.733. The average molecular weight is 352 g/mol. The Hall–Kier alpha value is -2.60. The molecule has 0 fully saturated rings. The Balaban J connectivity index is 1.75. The minimum absolute atomic E-state index is 0.0964. The second-order valence-electron chi connectivity index (χ2n) is 5.76. The lowest BCUT2D eigenvalue weighted by Crippen LogP contribution is -2.22. The molecule has 128 valence electrons. The van der Waals surface area contributed by atoms with Crippen molar-refractivity contribution in [1.82, 2.24) is 20.3 Å². The first kappa shape index (κ1) is 17.2. The molecule has 1 N–H and O–H groups in total. The van der Waals surface area contributed by atoms with Crippen LogP contribution in [0.3, 0.4) is 0 Å². The third-order valence-corrected chi connectivity index (χ3v) is 4.98. The molecule has 5 nitrogen and oxygen atoms in total. The molecule has 0 bridgehead atoms. The normalized spacial score (nSPS) is 10.6. The molecule has 6 heteroatoms. The van der Waals surface area contributed by atoms with Crippen molar-refractivity contribution < 1.29 is 4.79 Å². The Morgan fingerprint density at radius 2 is 2.00 bits per heavy atom. The van der Waals surface area contributed by atoms with Gasteiger partial charge in [-0.25, -0.2) is 4.98 Å². The molecule has 0 aliphatic heterocycles. The fraction of sp³-hybridized carbons (Fsp3) is 0.263. The molecule has 25 heavy (non-hydrogen) atoms. The maximum Gasteiger partial charge on any atom is 0.263 e. The maximum atomic E-state index is 12.5. The topological polar surface area (TPSA) is 67.8 Å². The van der Waals surface area contributed by atoms with Crippen LogP contribution in [-0.4, -0.2) is 20.9 Å². The molecule has 0 saturated heterocycles. The summed E-state index contributed by atoms with van der Waals surface area (Å²) in [5.41, 5.74) is 3.83. The SMILES string of the molecule is CCCc1cc(-c2nc(C)c(C(=O)NCc3ccncc3)s2)ccn1. The Bertz CT molecular complexity index is 861. The number of amides is 1. The summed E-state index contributed by atoms with van der Waals surface area (Å²) in [7, 11) is 0. The van der Waals surface area contributed by atoms with Gasteiger partial charge in [-0.15, -0.1) is 11.3 Å². The zero-order valence-electron chi connectivity index (χ0n) is 14.3. The maximum absolute atomic E-state index is 12.5. The van der Waals surface area contributed by atoms with E-state index in [4.69, 9.17) is 0 Å². The van der Waals surface area contributed by atoms with E-state index in [0.29, 0.717) is 11.4 Å². The van der Waals surface area contributed by atoms with Gasteiger partial charge in [0.15, 0.2) is 0 Å². The van der Waals surface area contributed by atoms with Crippen LogP contribution >= 0.6 is 11.3 Å². The molecule has 0 unspecified atom stereocenters. The highest BCUT2D eigenvalue weighted by atomic mass is 32.1. The van der Waals surface area contributed by atoms with Crippen LogP contribution in [0, 0.1) is 6.92 Å². The van der Waals surface area contributed by atoms with E-state index < -0.39 is 0 Å². The highest BCUT2D eigenvalue weighted by molar-refractivity contribution is 7.17. The number of aromatic nitrogens is 3. The van der Waals surface area contributed by atoms with Gasteiger partial charge >= 0.3 is 0 Å². The molecule has 0 aromatic carbocycles. The minimum Gasteiger partial charge on any atom is -0.347 e. The summed E-state index contributed by atoms with van der Waals surface area (Å²) in [6, 6.07) is 7.77. The Kier molecular flexibility index (Phi) is 5.50. The lowest BCUT2D eigenvalue weighted by atomic mass is 10.2. The highest BCUT2D eigenvalue weighted by Gasteiger charge is 2.16. The van der Waals surface area contributed by atoms with Crippen LogP contribution in [0.4, 0.5) is 0 Å². The van der Waals surface area contributed by atoms with Crippen molar-refractivity contribution >= 4 is 17.2 Å². The van der Waals surface area contributed by atoms with Gasteiger partial charge in [-0.1, -0.05) is 13.3 Å². The van der Waals surface area contributed by atoms with Crippen molar-refractivity contribution in [2.45, 2.75) is 33.2 Å². The lowest BCUT2D eigenvalue weighted by molar-refractivity contribution is 0.0954. The molecule has 0 aliphatic rings. The number of carbonyl (C=O) groups is 1. The molecule has 1 amide bonds. The fourth-order valence-corrected chi connectivity index (χ4v) is 3.48. The summed E-state index contributed by atoms with van der Waals surface area (Å²) >= 11 is 1.42. The molecule has 0 aliphatic carbocycles. The van der Waals surface area contributed by atoms with E-state index in [1.807, 2.05) is 25.1 Å². The summed E-state index contributed by atoms with van der Waals surface area (Å²) in [6.45, 7) is 4.48. The van der Waals surface area contributed by atoms with E-state index in [-0.39, 0.29) is 5.91 Å².